The van der Waals surface area contributed by atoms with Crippen LogP contribution in [0, 0.1) is 22.9 Å². The zero-order valence-electron chi connectivity index (χ0n) is 7.94. The number of rotatable bonds is 0. The first-order chi connectivity index (χ1) is 6.69. The summed E-state index contributed by atoms with van der Waals surface area (Å²) >= 11 is 0. The minimum absolute atomic E-state index is 0.627. The largest absolute Gasteiger partial charge is 0.206 e. The average Bonchev–Trinajstić information content (AvgIpc) is 2.14. The lowest BCUT2D eigenvalue weighted by molar-refractivity contribution is 1.39. The van der Waals surface area contributed by atoms with Crippen LogP contribution in [-0.2, 0) is 0 Å². The molecule has 4 nitrogen and oxygen atoms in total. The topological polar surface area (TPSA) is 72.3 Å². The number of aliphatic imine (C=N–C) groups is 2. The van der Waals surface area contributed by atoms with Crippen molar-refractivity contribution in [1.29, 1.82) is 10.5 Å². The fourth-order valence-electron chi connectivity index (χ4n) is 1.13. The van der Waals surface area contributed by atoms with Gasteiger partial charge in [0.1, 0.15) is 0 Å². The van der Waals surface area contributed by atoms with E-state index >= 15 is 0 Å². The van der Waals surface area contributed by atoms with Gasteiger partial charge in [0.25, 0.3) is 0 Å². The molecule has 1 rings (SSSR count). The van der Waals surface area contributed by atoms with Crippen LogP contribution in [0.2, 0.25) is 0 Å². The third-order valence-corrected chi connectivity index (χ3v) is 1.86. The zero-order chi connectivity index (χ0) is 10.6. The van der Waals surface area contributed by atoms with Crippen molar-refractivity contribution in [3.05, 3.63) is 23.3 Å². The van der Waals surface area contributed by atoms with Crippen molar-refractivity contribution in [2.24, 2.45) is 9.98 Å². The van der Waals surface area contributed by atoms with E-state index in [1.54, 1.807) is 24.5 Å². The van der Waals surface area contributed by atoms with E-state index in [1.807, 2.05) is 13.8 Å². The van der Waals surface area contributed by atoms with Gasteiger partial charge < -0.3 is 0 Å². The van der Waals surface area contributed by atoms with Crippen LogP contribution in [0.1, 0.15) is 13.8 Å². The van der Waals surface area contributed by atoms with Gasteiger partial charge in [0.15, 0.2) is 0 Å². The summed E-state index contributed by atoms with van der Waals surface area (Å²) in [7, 11) is 0. The Kier molecular flexibility index (Phi) is 2.93. The van der Waals surface area contributed by atoms with E-state index in [4.69, 9.17) is 10.5 Å². The first kappa shape index (κ1) is 9.88. The van der Waals surface area contributed by atoms with E-state index < -0.39 is 0 Å². The highest BCUT2D eigenvalue weighted by Gasteiger charge is 2.10. The number of hydrogen-bond donors (Lipinski definition) is 0. The van der Waals surface area contributed by atoms with E-state index in [9.17, 15) is 0 Å². The molecule has 0 heterocycles. The molecule has 0 aromatic rings. The SMILES string of the molecule is CC1=CC(=N[13C]#N)C(C)=CC1=N[13C]#N. The normalized spacial score (nSPS) is 21.1. The van der Waals surface area contributed by atoms with Crippen LogP contribution in [-0.4, -0.2) is 11.4 Å². The van der Waals surface area contributed by atoms with Gasteiger partial charge in [0.2, 0.25) is 12.4 Å². The van der Waals surface area contributed by atoms with Gasteiger partial charge in [-0.25, -0.2) is 0 Å². The van der Waals surface area contributed by atoms with Crippen molar-refractivity contribution < 1.29 is 0 Å². The number of allylic oxidation sites excluding steroid dienone is 4. The van der Waals surface area contributed by atoms with E-state index in [0.717, 1.165) is 11.1 Å². The van der Waals surface area contributed by atoms with Crippen molar-refractivity contribution in [2.45, 2.75) is 13.8 Å². The molecule has 14 heavy (non-hydrogen) atoms. The van der Waals surface area contributed by atoms with Crippen LogP contribution in [0.3, 0.4) is 0 Å². The Balaban J connectivity index is 3.17. The zero-order valence-corrected chi connectivity index (χ0v) is 7.94. The summed E-state index contributed by atoms with van der Waals surface area (Å²) in [6.45, 7) is 3.65. The van der Waals surface area contributed by atoms with Crippen molar-refractivity contribution in [2.75, 3.05) is 0 Å². The molecule has 1 aliphatic rings. The lowest BCUT2D eigenvalue weighted by atomic mass is 9.98. The summed E-state index contributed by atoms with van der Waals surface area (Å²) in [4.78, 5) is 7.30. The van der Waals surface area contributed by atoms with Gasteiger partial charge >= 0.3 is 0 Å². The molecule has 0 aromatic heterocycles. The molecule has 0 aromatic carbocycles. The summed E-state index contributed by atoms with van der Waals surface area (Å²) in [5.41, 5.74) is 2.93. The lowest BCUT2D eigenvalue weighted by Gasteiger charge is -2.09. The predicted octanol–water partition coefficient (Wildman–Crippen LogP) is 1.74. The van der Waals surface area contributed by atoms with Crippen LogP contribution < -0.4 is 0 Å². The summed E-state index contributed by atoms with van der Waals surface area (Å²) in [6.07, 6.45) is 6.96. The van der Waals surface area contributed by atoms with Crippen LogP contribution in [0.4, 0.5) is 0 Å². The quantitative estimate of drug-likeness (QED) is 0.328. The Morgan fingerprint density at radius 3 is 1.57 bits per heavy atom. The van der Waals surface area contributed by atoms with Crippen LogP contribution in [0.5, 0.6) is 0 Å². The Morgan fingerprint density at radius 1 is 0.929 bits per heavy atom. The highest BCUT2D eigenvalue weighted by molar-refractivity contribution is 6.23. The molecule has 0 spiro atoms. The van der Waals surface area contributed by atoms with E-state index in [1.165, 1.54) is 0 Å². The fraction of sp³-hybridized carbons (Fsp3) is 0.200. The summed E-state index contributed by atoms with van der Waals surface area (Å²) in [5.74, 6) is 0. The molecule has 0 saturated carbocycles. The van der Waals surface area contributed by atoms with Gasteiger partial charge in [0.05, 0.1) is 11.4 Å². The average molecular weight is 186 g/mol. The molecular weight excluding hydrogens is 178 g/mol. The van der Waals surface area contributed by atoms with Crippen LogP contribution >= 0.6 is 0 Å². The van der Waals surface area contributed by atoms with E-state index in [0.29, 0.717) is 11.4 Å². The minimum atomic E-state index is 0.627. The maximum absolute atomic E-state index is 8.42. The number of nitrogens with zero attached hydrogens (tertiary/aromatic N) is 4. The first-order valence-electron chi connectivity index (χ1n) is 4.00. The second-order valence-corrected chi connectivity index (χ2v) is 2.85. The molecular formula is C10H8N4. The van der Waals surface area contributed by atoms with Gasteiger partial charge in [0, 0.05) is 0 Å². The number of nitriles is 2. The fourth-order valence-corrected chi connectivity index (χ4v) is 1.13. The minimum Gasteiger partial charge on any atom is -0.173 e. The van der Waals surface area contributed by atoms with Crippen molar-refractivity contribution >= 4 is 11.4 Å². The van der Waals surface area contributed by atoms with Gasteiger partial charge in [-0.05, 0) is 37.1 Å². The third kappa shape index (κ3) is 1.94. The Bertz CT molecular complexity index is 405. The van der Waals surface area contributed by atoms with Gasteiger partial charge in [-0.15, -0.1) is 0 Å². The highest BCUT2D eigenvalue weighted by Crippen LogP contribution is 2.13. The summed E-state index contributed by atoms with van der Waals surface area (Å²) in [6, 6.07) is 0. The lowest BCUT2D eigenvalue weighted by Crippen LogP contribution is -2.10. The molecule has 0 radical (unpaired) electrons. The molecule has 0 bridgehead atoms. The second kappa shape index (κ2) is 4.15. The molecule has 0 unspecified atom stereocenters. The molecule has 68 valence electrons. The maximum Gasteiger partial charge on any atom is 0.206 e. The van der Waals surface area contributed by atoms with Gasteiger partial charge in [-0.1, -0.05) is 0 Å². The highest BCUT2D eigenvalue weighted by atomic mass is 14.9. The van der Waals surface area contributed by atoms with Crippen LogP contribution in [0.15, 0.2) is 33.3 Å². The summed E-state index contributed by atoms with van der Waals surface area (Å²) in [5, 5.41) is 16.8. The smallest absolute Gasteiger partial charge is 0.173 e. The van der Waals surface area contributed by atoms with Gasteiger partial charge in [-0.2, -0.15) is 20.5 Å². The Hall–Kier alpha value is -2.20. The molecule has 0 saturated heterocycles. The molecule has 1 aliphatic carbocycles. The monoisotopic (exact) mass is 186 g/mol. The summed E-state index contributed by atoms with van der Waals surface area (Å²) < 4.78 is 0. The van der Waals surface area contributed by atoms with Crippen LogP contribution in [0.25, 0.3) is 0 Å². The Labute approximate surface area is 82.2 Å². The Morgan fingerprint density at radius 2 is 1.29 bits per heavy atom. The first-order valence-corrected chi connectivity index (χ1v) is 4.00. The standard InChI is InChI=1S/C10H8N4/c1-7-3-10(14-6-12)8(2)4-9(7)13-5-11/h3-4H,1-2H3/i5+1,6+1. The molecule has 0 atom stereocenters. The molecule has 0 aliphatic heterocycles. The molecule has 4 heteroatoms. The molecule has 0 N–H and O–H groups in total. The molecule has 0 fully saturated rings. The third-order valence-electron chi connectivity index (χ3n) is 1.86. The second-order valence-electron chi connectivity index (χ2n) is 2.85. The van der Waals surface area contributed by atoms with E-state index in [-0.39, 0.29) is 0 Å². The predicted molar refractivity (Wildman–Crippen MR) is 53.6 cm³/mol. The van der Waals surface area contributed by atoms with E-state index in [2.05, 4.69) is 9.98 Å². The van der Waals surface area contributed by atoms with Crippen molar-refractivity contribution in [3.8, 4) is 12.4 Å². The van der Waals surface area contributed by atoms with Gasteiger partial charge in [-0.3, -0.25) is 0 Å². The van der Waals surface area contributed by atoms with Crippen molar-refractivity contribution in [1.82, 2.24) is 0 Å². The number of hydrogen-bond acceptors (Lipinski definition) is 4. The van der Waals surface area contributed by atoms with Crippen molar-refractivity contribution in [3.63, 3.8) is 0 Å². The maximum atomic E-state index is 8.42. The molecule has 0 amide bonds.